The van der Waals surface area contributed by atoms with Crippen molar-refractivity contribution >= 4 is 5.78 Å². The number of ketones is 1. The molecule has 0 spiro atoms. The van der Waals surface area contributed by atoms with Crippen LogP contribution in [0.4, 0.5) is 0 Å². The van der Waals surface area contributed by atoms with Crippen molar-refractivity contribution in [3.05, 3.63) is 24.8 Å². The van der Waals surface area contributed by atoms with E-state index in [4.69, 9.17) is 0 Å². The molecule has 0 heterocycles. The van der Waals surface area contributed by atoms with Crippen LogP contribution < -0.4 is 0 Å². The van der Waals surface area contributed by atoms with Crippen molar-refractivity contribution in [2.75, 3.05) is 0 Å². The van der Waals surface area contributed by atoms with Gasteiger partial charge in [0.2, 0.25) is 0 Å². The van der Waals surface area contributed by atoms with E-state index in [0.29, 0.717) is 6.42 Å². The lowest BCUT2D eigenvalue weighted by atomic mass is 9.77. The van der Waals surface area contributed by atoms with E-state index < -0.39 is 5.41 Å². The first-order valence-electron chi connectivity index (χ1n) is 3.73. The van der Waals surface area contributed by atoms with Crippen LogP contribution >= 0.6 is 0 Å². The summed E-state index contributed by atoms with van der Waals surface area (Å²) in [6.07, 6.45) is 2.44. The Morgan fingerprint density at radius 2 is 2.00 bits per heavy atom. The average molecular weight is 152 g/mol. The highest BCUT2D eigenvalue weighted by Crippen LogP contribution is 2.30. The van der Waals surface area contributed by atoms with Crippen molar-refractivity contribution in [1.29, 1.82) is 0 Å². The third-order valence-electron chi connectivity index (χ3n) is 2.27. The fourth-order valence-electron chi connectivity index (χ4n) is 0.907. The Hall–Kier alpha value is -0.850. The molecule has 1 nitrogen and oxygen atoms in total. The van der Waals surface area contributed by atoms with Gasteiger partial charge in [0.05, 0.1) is 0 Å². The molecule has 0 radical (unpaired) electrons. The summed E-state index contributed by atoms with van der Waals surface area (Å²) in [6, 6.07) is 0. The maximum Gasteiger partial charge on any atom is 0.140 e. The summed E-state index contributed by atoms with van der Waals surface area (Å²) in [5, 5.41) is 0. The normalized spacial score (nSPS) is 15.2. The summed E-state index contributed by atoms with van der Waals surface area (Å²) in [5.74, 6) is 0.157. The molecule has 62 valence electrons. The molecule has 0 N–H and O–H groups in total. The molecule has 0 aromatic rings. The van der Waals surface area contributed by atoms with Crippen LogP contribution in [-0.2, 0) is 4.79 Å². The number of carbonyl (C=O) groups excluding carboxylic acids is 1. The molecule has 0 amide bonds. The maximum absolute atomic E-state index is 11.2. The van der Waals surface area contributed by atoms with E-state index >= 15 is 0 Å². The summed E-state index contributed by atoms with van der Waals surface area (Å²) in [4.78, 5) is 11.2. The van der Waals surface area contributed by atoms with Gasteiger partial charge in [-0.1, -0.05) is 18.2 Å². The first kappa shape index (κ1) is 10.2. The molecule has 0 aliphatic rings. The molecule has 0 aliphatic heterocycles. The summed E-state index contributed by atoms with van der Waals surface area (Å²) in [5.41, 5.74) is 0.506. The van der Waals surface area contributed by atoms with Gasteiger partial charge in [-0.2, -0.15) is 0 Å². The van der Waals surface area contributed by atoms with Gasteiger partial charge in [-0.05, 0) is 27.2 Å². The zero-order valence-electron chi connectivity index (χ0n) is 7.61. The second-order valence-electron chi connectivity index (χ2n) is 3.16. The molecule has 1 atom stereocenters. The number of carbonyl (C=O) groups is 1. The van der Waals surface area contributed by atoms with Gasteiger partial charge in [0.15, 0.2) is 0 Å². The highest BCUT2D eigenvalue weighted by molar-refractivity contribution is 5.85. The molecule has 0 saturated heterocycles. The number of hydrogen-bond acceptors (Lipinski definition) is 1. The molecule has 0 rings (SSSR count). The SMILES string of the molecule is C=CCC(C)(C(=C)C)C(C)=O. The predicted octanol–water partition coefficient (Wildman–Crippen LogP) is 2.73. The fraction of sp³-hybridized carbons (Fsp3) is 0.500. The van der Waals surface area contributed by atoms with Crippen molar-refractivity contribution in [3.63, 3.8) is 0 Å². The van der Waals surface area contributed by atoms with Crippen LogP contribution in [0.3, 0.4) is 0 Å². The largest absolute Gasteiger partial charge is 0.299 e. The third-order valence-corrected chi connectivity index (χ3v) is 2.27. The first-order valence-corrected chi connectivity index (χ1v) is 3.73. The van der Waals surface area contributed by atoms with Crippen LogP contribution in [0.5, 0.6) is 0 Å². The lowest BCUT2D eigenvalue weighted by Crippen LogP contribution is -2.25. The Morgan fingerprint density at radius 1 is 1.55 bits per heavy atom. The Balaban J connectivity index is 4.65. The molecule has 11 heavy (non-hydrogen) atoms. The zero-order chi connectivity index (χ0) is 9.07. The smallest absolute Gasteiger partial charge is 0.140 e. The molecular formula is C10H16O. The minimum atomic E-state index is -0.401. The van der Waals surface area contributed by atoms with E-state index in [1.165, 1.54) is 0 Å². The van der Waals surface area contributed by atoms with Gasteiger partial charge >= 0.3 is 0 Å². The topological polar surface area (TPSA) is 17.1 Å². The highest BCUT2D eigenvalue weighted by Gasteiger charge is 2.28. The number of rotatable bonds is 4. The highest BCUT2D eigenvalue weighted by atomic mass is 16.1. The maximum atomic E-state index is 11.2. The van der Waals surface area contributed by atoms with Gasteiger partial charge in [-0.25, -0.2) is 0 Å². The first-order chi connectivity index (χ1) is 4.95. The van der Waals surface area contributed by atoms with Gasteiger partial charge in [-0.15, -0.1) is 6.58 Å². The van der Waals surface area contributed by atoms with Crippen LogP contribution in [0.1, 0.15) is 27.2 Å². The van der Waals surface area contributed by atoms with Crippen molar-refractivity contribution in [3.8, 4) is 0 Å². The molecule has 1 heteroatoms. The van der Waals surface area contributed by atoms with Gasteiger partial charge in [0, 0.05) is 5.41 Å². The molecule has 0 aromatic carbocycles. The van der Waals surface area contributed by atoms with Crippen molar-refractivity contribution in [2.24, 2.45) is 5.41 Å². The Kier molecular flexibility index (Phi) is 3.24. The van der Waals surface area contributed by atoms with Crippen molar-refractivity contribution in [2.45, 2.75) is 27.2 Å². The number of Topliss-reactive ketones (excluding diaryl/α,β-unsaturated/α-hetero) is 1. The second-order valence-corrected chi connectivity index (χ2v) is 3.16. The molecule has 0 aromatic heterocycles. The minimum absolute atomic E-state index is 0.157. The van der Waals surface area contributed by atoms with E-state index in [1.54, 1.807) is 13.0 Å². The van der Waals surface area contributed by atoms with E-state index in [9.17, 15) is 4.79 Å². The van der Waals surface area contributed by atoms with E-state index in [2.05, 4.69) is 13.2 Å². The summed E-state index contributed by atoms with van der Waals surface area (Å²) < 4.78 is 0. The molecule has 0 fully saturated rings. The quantitative estimate of drug-likeness (QED) is 0.566. The van der Waals surface area contributed by atoms with Crippen LogP contribution in [0.2, 0.25) is 0 Å². The Bertz CT molecular complexity index is 175. The van der Waals surface area contributed by atoms with Crippen LogP contribution in [0.15, 0.2) is 24.8 Å². The lowest BCUT2D eigenvalue weighted by Gasteiger charge is -2.25. The molecular weight excluding hydrogens is 136 g/mol. The Morgan fingerprint density at radius 3 is 2.09 bits per heavy atom. The molecule has 1 unspecified atom stereocenters. The van der Waals surface area contributed by atoms with Crippen molar-refractivity contribution in [1.82, 2.24) is 0 Å². The third kappa shape index (κ3) is 2.04. The van der Waals surface area contributed by atoms with E-state index in [1.807, 2.05) is 13.8 Å². The Labute approximate surface area is 68.8 Å². The van der Waals surface area contributed by atoms with Gasteiger partial charge in [0.25, 0.3) is 0 Å². The standard InChI is InChI=1S/C10H16O/c1-6-7-10(5,8(2)3)9(4)11/h6H,1-2,7H2,3-5H3. The van der Waals surface area contributed by atoms with Crippen molar-refractivity contribution < 1.29 is 4.79 Å². The number of allylic oxidation sites excluding steroid dienone is 2. The second kappa shape index (κ2) is 3.51. The fourth-order valence-corrected chi connectivity index (χ4v) is 0.907. The minimum Gasteiger partial charge on any atom is -0.299 e. The van der Waals surface area contributed by atoms with Crippen LogP contribution in [0.25, 0.3) is 0 Å². The zero-order valence-corrected chi connectivity index (χ0v) is 7.61. The molecule has 0 bridgehead atoms. The number of hydrogen-bond donors (Lipinski definition) is 0. The average Bonchev–Trinajstić information content (AvgIpc) is 1.87. The van der Waals surface area contributed by atoms with Gasteiger partial charge in [0.1, 0.15) is 5.78 Å². The molecule has 0 saturated carbocycles. The predicted molar refractivity (Wildman–Crippen MR) is 48.4 cm³/mol. The van der Waals surface area contributed by atoms with E-state index in [-0.39, 0.29) is 5.78 Å². The molecule has 0 aliphatic carbocycles. The summed E-state index contributed by atoms with van der Waals surface area (Å²) in [6.45, 7) is 12.8. The lowest BCUT2D eigenvalue weighted by molar-refractivity contribution is -0.123. The van der Waals surface area contributed by atoms with Crippen LogP contribution in [-0.4, -0.2) is 5.78 Å². The summed E-state index contributed by atoms with van der Waals surface area (Å²) >= 11 is 0. The monoisotopic (exact) mass is 152 g/mol. The van der Waals surface area contributed by atoms with Gasteiger partial charge < -0.3 is 0 Å². The van der Waals surface area contributed by atoms with E-state index in [0.717, 1.165) is 5.57 Å². The van der Waals surface area contributed by atoms with Crippen LogP contribution in [0, 0.1) is 5.41 Å². The summed E-state index contributed by atoms with van der Waals surface area (Å²) in [7, 11) is 0. The van der Waals surface area contributed by atoms with Gasteiger partial charge in [-0.3, -0.25) is 4.79 Å².